The first kappa shape index (κ1) is 21.0. The van der Waals surface area contributed by atoms with Crippen LogP contribution in [0.2, 0.25) is 5.02 Å². The third-order valence-corrected chi connectivity index (χ3v) is 5.12. The van der Waals surface area contributed by atoms with Crippen molar-refractivity contribution in [2.24, 2.45) is 0 Å². The SMILES string of the molecule is C[C@@H](C(=O)Nc1ccc(Cl)cc1C(F)(F)F)N(c1ccccc1)S(C)(=O)=O. The van der Waals surface area contributed by atoms with E-state index in [4.69, 9.17) is 11.6 Å². The first-order valence-electron chi connectivity index (χ1n) is 7.63. The van der Waals surface area contributed by atoms with Gasteiger partial charge in [-0.3, -0.25) is 9.10 Å². The molecule has 2 rings (SSSR count). The number of halogens is 4. The molecule has 0 aliphatic carbocycles. The summed E-state index contributed by atoms with van der Waals surface area (Å²) in [5, 5.41) is 2.00. The van der Waals surface area contributed by atoms with E-state index < -0.39 is 39.4 Å². The molecule has 0 fully saturated rings. The fraction of sp³-hybridized carbons (Fsp3) is 0.235. The number of amides is 1. The summed E-state index contributed by atoms with van der Waals surface area (Å²) in [6.07, 6.45) is -3.83. The molecule has 0 aromatic heterocycles. The highest BCUT2D eigenvalue weighted by atomic mass is 35.5. The molecule has 0 bridgehead atoms. The summed E-state index contributed by atoms with van der Waals surface area (Å²) in [6.45, 7) is 1.28. The second-order valence-corrected chi connectivity index (χ2v) is 8.04. The fourth-order valence-electron chi connectivity index (χ4n) is 2.48. The number of carbonyl (C=O) groups is 1. The molecule has 1 atom stereocenters. The molecule has 5 nitrogen and oxygen atoms in total. The molecule has 2 aromatic carbocycles. The van der Waals surface area contributed by atoms with Gasteiger partial charge in [0.05, 0.1) is 23.2 Å². The molecule has 2 aromatic rings. The van der Waals surface area contributed by atoms with Crippen LogP contribution in [0.3, 0.4) is 0 Å². The van der Waals surface area contributed by atoms with E-state index in [9.17, 15) is 26.4 Å². The van der Waals surface area contributed by atoms with Crippen LogP contribution in [0.1, 0.15) is 12.5 Å². The van der Waals surface area contributed by atoms with E-state index in [1.54, 1.807) is 18.2 Å². The zero-order chi connectivity index (χ0) is 20.4. The van der Waals surface area contributed by atoms with Crippen molar-refractivity contribution in [2.75, 3.05) is 15.9 Å². The second kappa shape index (κ2) is 7.77. The lowest BCUT2D eigenvalue weighted by Crippen LogP contribution is -2.45. The Morgan fingerprint density at radius 1 is 1.15 bits per heavy atom. The van der Waals surface area contributed by atoms with Gasteiger partial charge in [-0.1, -0.05) is 29.8 Å². The van der Waals surface area contributed by atoms with Crippen molar-refractivity contribution in [3.63, 3.8) is 0 Å². The number of sulfonamides is 1. The zero-order valence-corrected chi connectivity index (χ0v) is 15.9. The standard InChI is InChI=1S/C17H16ClF3N2O3S/c1-11(23(27(2,25)26)13-6-4-3-5-7-13)16(24)22-15-9-8-12(18)10-14(15)17(19,20)21/h3-11H,1-2H3,(H,22,24)/t11-/m0/s1. The number of nitrogens with one attached hydrogen (secondary N) is 1. The highest BCUT2D eigenvalue weighted by Crippen LogP contribution is 2.36. The Kier molecular flexibility index (Phi) is 6.06. The van der Waals surface area contributed by atoms with Gasteiger partial charge in [-0.05, 0) is 37.3 Å². The highest BCUT2D eigenvalue weighted by molar-refractivity contribution is 7.92. The van der Waals surface area contributed by atoms with E-state index in [0.29, 0.717) is 6.07 Å². The maximum Gasteiger partial charge on any atom is 0.418 e. The van der Waals surface area contributed by atoms with Gasteiger partial charge in [-0.2, -0.15) is 13.2 Å². The normalized spacial score (nSPS) is 13.1. The van der Waals surface area contributed by atoms with Gasteiger partial charge in [-0.15, -0.1) is 0 Å². The van der Waals surface area contributed by atoms with E-state index in [2.05, 4.69) is 5.32 Å². The van der Waals surface area contributed by atoms with E-state index in [-0.39, 0.29) is 10.7 Å². The van der Waals surface area contributed by atoms with Crippen LogP contribution in [0.25, 0.3) is 0 Å². The van der Waals surface area contributed by atoms with Crippen molar-refractivity contribution < 1.29 is 26.4 Å². The van der Waals surface area contributed by atoms with Gasteiger partial charge in [-0.25, -0.2) is 8.42 Å². The maximum atomic E-state index is 13.2. The monoisotopic (exact) mass is 420 g/mol. The first-order chi connectivity index (χ1) is 12.4. The van der Waals surface area contributed by atoms with E-state index in [1.807, 2.05) is 0 Å². The predicted octanol–water partition coefficient (Wildman–Crippen LogP) is 4.15. The van der Waals surface area contributed by atoms with Crippen LogP contribution in [0.4, 0.5) is 24.5 Å². The largest absolute Gasteiger partial charge is 0.418 e. The molecule has 0 aliphatic rings. The van der Waals surface area contributed by atoms with E-state index >= 15 is 0 Å². The molecule has 0 spiro atoms. The number of alkyl halides is 3. The summed E-state index contributed by atoms with van der Waals surface area (Å²) >= 11 is 5.61. The minimum absolute atomic E-state index is 0.143. The van der Waals surface area contributed by atoms with Gasteiger partial charge in [0.2, 0.25) is 15.9 Å². The lowest BCUT2D eigenvalue weighted by atomic mass is 10.1. The average Bonchev–Trinajstić information content (AvgIpc) is 2.55. The lowest BCUT2D eigenvalue weighted by Gasteiger charge is -2.28. The summed E-state index contributed by atoms with van der Waals surface area (Å²) in [5.41, 5.74) is -1.42. The molecule has 0 unspecified atom stereocenters. The molecule has 10 heteroatoms. The van der Waals surface area contributed by atoms with Gasteiger partial charge >= 0.3 is 6.18 Å². The quantitative estimate of drug-likeness (QED) is 0.790. The molecule has 0 heterocycles. The van der Waals surface area contributed by atoms with Crippen LogP contribution in [-0.2, 0) is 21.0 Å². The molecular weight excluding hydrogens is 405 g/mol. The molecule has 1 amide bonds. The Morgan fingerprint density at radius 3 is 2.26 bits per heavy atom. The van der Waals surface area contributed by atoms with Gasteiger partial charge in [0.15, 0.2) is 0 Å². The van der Waals surface area contributed by atoms with Crippen LogP contribution in [0.5, 0.6) is 0 Å². The van der Waals surface area contributed by atoms with Crippen molar-refractivity contribution in [1.29, 1.82) is 0 Å². The van der Waals surface area contributed by atoms with E-state index in [0.717, 1.165) is 16.6 Å². The number of anilines is 2. The average molecular weight is 421 g/mol. The molecule has 146 valence electrons. The summed E-state index contributed by atoms with van der Waals surface area (Å²) < 4.78 is 64.7. The van der Waals surface area contributed by atoms with Crippen LogP contribution in [-0.4, -0.2) is 26.6 Å². The summed E-state index contributed by atoms with van der Waals surface area (Å²) in [7, 11) is -3.87. The molecule has 0 radical (unpaired) electrons. The van der Waals surface area contributed by atoms with Crippen LogP contribution in [0.15, 0.2) is 48.5 Å². The number of rotatable bonds is 5. The van der Waals surface area contributed by atoms with Crippen LogP contribution in [0, 0.1) is 0 Å². The number of carbonyl (C=O) groups excluding carboxylic acids is 1. The van der Waals surface area contributed by atoms with E-state index in [1.165, 1.54) is 25.1 Å². The summed E-state index contributed by atoms with van der Waals surface area (Å²) in [5.74, 6) is -0.919. The van der Waals surface area contributed by atoms with Crippen molar-refractivity contribution in [3.05, 3.63) is 59.1 Å². The Labute approximate surface area is 159 Å². The van der Waals surface area contributed by atoms with Crippen molar-refractivity contribution in [2.45, 2.75) is 19.1 Å². The molecule has 0 aliphatic heterocycles. The number of hydrogen-bond donors (Lipinski definition) is 1. The highest BCUT2D eigenvalue weighted by Gasteiger charge is 2.35. The first-order valence-corrected chi connectivity index (χ1v) is 9.86. The lowest BCUT2D eigenvalue weighted by molar-refractivity contribution is -0.137. The Hall–Kier alpha value is -2.26. The van der Waals surface area contributed by atoms with Crippen molar-refractivity contribution in [1.82, 2.24) is 0 Å². The minimum atomic E-state index is -4.74. The third kappa shape index (κ3) is 5.14. The molecule has 1 N–H and O–H groups in total. The topological polar surface area (TPSA) is 66.5 Å². The van der Waals surface area contributed by atoms with Crippen LogP contribution < -0.4 is 9.62 Å². The predicted molar refractivity (Wildman–Crippen MR) is 98.3 cm³/mol. The van der Waals surface area contributed by atoms with Crippen molar-refractivity contribution >= 4 is 38.9 Å². The second-order valence-electron chi connectivity index (χ2n) is 5.75. The summed E-state index contributed by atoms with van der Waals surface area (Å²) in [4.78, 5) is 12.5. The van der Waals surface area contributed by atoms with Gasteiger partial charge in [0.25, 0.3) is 0 Å². The Bertz CT molecular complexity index is 934. The molecular formula is C17H16ClF3N2O3S. The maximum absolute atomic E-state index is 13.2. The Balaban J connectivity index is 2.37. The van der Waals surface area contributed by atoms with Crippen LogP contribution >= 0.6 is 11.6 Å². The van der Waals surface area contributed by atoms with Gasteiger partial charge in [0, 0.05) is 5.02 Å². The van der Waals surface area contributed by atoms with Crippen molar-refractivity contribution in [3.8, 4) is 0 Å². The summed E-state index contributed by atoms with van der Waals surface area (Å²) in [6, 6.07) is 9.40. The number of nitrogens with zero attached hydrogens (tertiary/aromatic N) is 1. The van der Waals surface area contributed by atoms with Gasteiger partial charge in [0.1, 0.15) is 6.04 Å². The smallest absolute Gasteiger partial charge is 0.324 e. The molecule has 27 heavy (non-hydrogen) atoms. The zero-order valence-electron chi connectivity index (χ0n) is 14.3. The Morgan fingerprint density at radius 2 is 1.74 bits per heavy atom. The third-order valence-electron chi connectivity index (χ3n) is 3.64. The number of hydrogen-bond acceptors (Lipinski definition) is 3. The molecule has 0 saturated heterocycles. The minimum Gasteiger partial charge on any atom is -0.324 e. The fourth-order valence-corrected chi connectivity index (χ4v) is 3.83. The number of para-hydroxylation sites is 1. The number of benzene rings is 2. The molecule has 0 saturated carbocycles. The van der Waals surface area contributed by atoms with Gasteiger partial charge < -0.3 is 5.32 Å².